The number of para-hydroxylation sites is 1. The fourth-order valence-electron chi connectivity index (χ4n) is 4.27. The van der Waals surface area contributed by atoms with E-state index in [1.54, 1.807) is 24.3 Å². The van der Waals surface area contributed by atoms with Crippen LogP contribution in [0.4, 0.5) is 18.9 Å². The van der Waals surface area contributed by atoms with Crippen molar-refractivity contribution in [1.29, 1.82) is 0 Å². The number of hydrogen-bond donors (Lipinski definition) is 2. The van der Waals surface area contributed by atoms with Gasteiger partial charge >= 0.3 is 6.18 Å². The van der Waals surface area contributed by atoms with Crippen molar-refractivity contribution in [2.45, 2.75) is 57.3 Å². The van der Waals surface area contributed by atoms with E-state index < -0.39 is 11.9 Å². The van der Waals surface area contributed by atoms with E-state index in [2.05, 4.69) is 22.5 Å². The first-order valence-corrected chi connectivity index (χ1v) is 11.0. The van der Waals surface area contributed by atoms with E-state index in [0.29, 0.717) is 28.6 Å². The third-order valence-corrected chi connectivity index (χ3v) is 6.00. The number of carbonyl (C=O) groups excluding carboxylic acids is 1. The largest absolute Gasteiger partial charge is 0.433 e. The van der Waals surface area contributed by atoms with Crippen LogP contribution < -0.4 is 10.6 Å². The number of alkyl halides is 3. The van der Waals surface area contributed by atoms with Gasteiger partial charge in [0.1, 0.15) is 5.69 Å². The number of hydrogen-bond acceptors (Lipinski definition) is 3. The van der Waals surface area contributed by atoms with Gasteiger partial charge in [-0.2, -0.15) is 13.2 Å². The Morgan fingerprint density at radius 2 is 1.78 bits per heavy atom. The van der Waals surface area contributed by atoms with E-state index in [0.717, 1.165) is 31.7 Å². The van der Waals surface area contributed by atoms with Gasteiger partial charge in [-0.3, -0.25) is 4.79 Å². The van der Waals surface area contributed by atoms with Gasteiger partial charge in [-0.1, -0.05) is 37.3 Å². The summed E-state index contributed by atoms with van der Waals surface area (Å²) < 4.78 is 40.1. The summed E-state index contributed by atoms with van der Waals surface area (Å²) in [6, 6.07) is 15.4. The quantitative estimate of drug-likeness (QED) is 0.513. The minimum absolute atomic E-state index is 0.0326. The summed E-state index contributed by atoms with van der Waals surface area (Å²) in [6.07, 6.45) is -0.394. The molecule has 0 unspecified atom stereocenters. The molecule has 1 heterocycles. The highest BCUT2D eigenvalue weighted by Gasteiger charge is 2.34. The van der Waals surface area contributed by atoms with Crippen LogP contribution in [0.3, 0.4) is 0 Å². The van der Waals surface area contributed by atoms with Crippen LogP contribution in [0.2, 0.25) is 0 Å². The molecule has 1 fully saturated rings. The molecule has 1 aliphatic rings. The Balaban J connectivity index is 1.48. The lowest BCUT2D eigenvalue weighted by atomic mass is 9.90. The summed E-state index contributed by atoms with van der Waals surface area (Å²) in [7, 11) is 0. The minimum atomic E-state index is -4.52. The van der Waals surface area contributed by atoms with Crippen molar-refractivity contribution in [2.75, 3.05) is 5.32 Å². The number of benzene rings is 2. The lowest BCUT2D eigenvalue weighted by Crippen LogP contribution is -2.41. The van der Waals surface area contributed by atoms with E-state index in [1.165, 1.54) is 5.56 Å². The average Bonchev–Trinajstić information content (AvgIpc) is 2.78. The number of pyridine rings is 1. The molecular weight excluding hydrogens is 415 g/mol. The molecule has 7 heteroatoms. The molecule has 2 N–H and O–H groups in total. The first kappa shape index (κ1) is 22.1. The zero-order valence-corrected chi connectivity index (χ0v) is 17.9. The predicted octanol–water partition coefficient (Wildman–Crippen LogP) is 5.97. The van der Waals surface area contributed by atoms with Crippen molar-refractivity contribution >= 4 is 22.5 Å². The Hall–Kier alpha value is -3.09. The van der Waals surface area contributed by atoms with Crippen molar-refractivity contribution in [3.8, 4) is 0 Å². The van der Waals surface area contributed by atoms with E-state index in [9.17, 15) is 18.0 Å². The number of nitrogens with one attached hydrogen (secondary N) is 2. The fraction of sp³-hybridized carbons (Fsp3) is 0.360. The summed E-state index contributed by atoms with van der Waals surface area (Å²) in [6.45, 7) is 2.06. The third kappa shape index (κ3) is 5.03. The molecule has 0 bridgehead atoms. The summed E-state index contributed by atoms with van der Waals surface area (Å²) in [5.74, 6) is -0.118. The van der Waals surface area contributed by atoms with Crippen LogP contribution in [-0.4, -0.2) is 23.0 Å². The zero-order valence-electron chi connectivity index (χ0n) is 17.9. The molecule has 4 nitrogen and oxygen atoms in total. The Labute approximate surface area is 185 Å². The molecule has 0 radical (unpaired) electrons. The molecule has 0 saturated heterocycles. The van der Waals surface area contributed by atoms with Crippen molar-refractivity contribution in [3.63, 3.8) is 0 Å². The van der Waals surface area contributed by atoms with Crippen molar-refractivity contribution < 1.29 is 18.0 Å². The smallest absolute Gasteiger partial charge is 0.382 e. The van der Waals surface area contributed by atoms with Crippen molar-refractivity contribution in [3.05, 3.63) is 71.4 Å². The maximum Gasteiger partial charge on any atom is 0.433 e. The van der Waals surface area contributed by atoms with Crippen molar-refractivity contribution in [1.82, 2.24) is 10.3 Å². The third-order valence-electron chi connectivity index (χ3n) is 6.00. The lowest BCUT2D eigenvalue weighted by molar-refractivity contribution is -0.140. The van der Waals surface area contributed by atoms with Crippen LogP contribution >= 0.6 is 0 Å². The summed E-state index contributed by atoms with van der Waals surface area (Å²) in [5.41, 5.74) is 1.62. The van der Waals surface area contributed by atoms with Gasteiger partial charge in [-0.25, -0.2) is 4.98 Å². The van der Waals surface area contributed by atoms with Gasteiger partial charge in [0, 0.05) is 28.7 Å². The van der Waals surface area contributed by atoms with Crippen LogP contribution in [0.1, 0.15) is 54.2 Å². The van der Waals surface area contributed by atoms with Gasteiger partial charge in [-0.15, -0.1) is 0 Å². The zero-order chi connectivity index (χ0) is 22.7. The monoisotopic (exact) mass is 441 g/mol. The van der Waals surface area contributed by atoms with Gasteiger partial charge in [0.25, 0.3) is 5.91 Å². The number of aryl methyl sites for hydroxylation is 1. The first-order valence-electron chi connectivity index (χ1n) is 11.0. The number of amides is 1. The van der Waals surface area contributed by atoms with Crippen LogP contribution in [0.15, 0.2) is 54.6 Å². The molecular formula is C25H26F3N3O. The SMILES string of the molecule is CCc1ccc(C(=O)N[C@@H]2CCC[C@H](Nc3cc(C(F)(F)F)nc4ccccc34)C2)cc1. The fourth-order valence-corrected chi connectivity index (χ4v) is 4.27. The van der Waals surface area contributed by atoms with E-state index in [1.807, 2.05) is 24.3 Å². The van der Waals surface area contributed by atoms with Gasteiger partial charge < -0.3 is 10.6 Å². The second-order valence-corrected chi connectivity index (χ2v) is 8.30. The number of halogens is 3. The number of rotatable bonds is 5. The van der Waals surface area contributed by atoms with Crippen molar-refractivity contribution in [2.24, 2.45) is 0 Å². The minimum Gasteiger partial charge on any atom is -0.382 e. The molecule has 3 aromatic rings. The van der Waals surface area contributed by atoms with Crippen LogP contribution in [0.25, 0.3) is 10.9 Å². The molecule has 1 amide bonds. The summed E-state index contributed by atoms with van der Waals surface area (Å²) in [4.78, 5) is 16.4. The molecule has 32 heavy (non-hydrogen) atoms. The molecule has 0 aliphatic heterocycles. The molecule has 0 spiro atoms. The highest BCUT2D eigenvalue weighted by molar-refractivity contribution is 5.94. The molecule has 4 rings (SSSR count). The highest BCUT2D eigenvalue weighted by Crippen LogP contribution is 2.34. The standard InChI is InChI=1S/C25H26F3N3O/c1-2-16-10-12-17(13-11-16)24(32)30-19-7-5-6-18(14-19)29-22-15-23(25(26,27)28)31-21-9-4-3-8-20(21)22/h3-4,8-13,15,18-19H,2,5-7,14H2,1H3,(H,29,31)(H,30,32)/t18-,19+/m0/s1. The molecule has 1 aliphatic carbocycles. The Morgan fingerprint density at radius 1 is 1.06 bits per heavy atom. The maximum absolute atomic E-state index is 13.4. The second-order valence-electron chi connectivity index (χ2n) is 8.30. The predicted molar refractivity (Wildman–Crippen MR) is 120 cm³/mol. The normalized spacial score (nSPS) is 19.0. The summed E-state index contributed by atoms with van der Waals surface area (Å²) >= 11 is 0. The van der Waals surface area contributed by atoms with Crippen LogP contribution in [0, 0.1) is 0 Å². The van der Waals surface area contributed by atoms with Crippen LogP contribution in [0.5, 0.6) is 0 Å². The van der Waals surface area contributed by atoms with Crippen LogP contribution in [-0.2, 0) is 12.6 Å². The number of aromatic nitrogens is 1. The van der Waals surface area contributed by atoms with Gasteiger partial charge in [0.15, 0.2) is 0 Å². The van der Waals surface area contributed by atoms with E-state index in [-0.39, 0.29) is 18.0 Å². The second kappa shape index (κ2) is 9.18. The molecule has 2 atom stereocenters. The number of carbonyl (C=O) groups is 1. The van der Waals surface area contributed by atoms with Gasteiger partial charge in [0.05, 0.1) is 5.52 Å². The Morgan fingerprint density at radius 3 is 2.50 bits per heavy atom. The molecule has 2 aromatic carbocycles. The molecule has 1 saturated carbocycles. The Bertz CT molecular complexity index is 1100. The lowest BCUT2D eigenvalue weighted by Gasteiger charge is -2.31. The molecule has 168 valence electrons. The van der Waals surface area contributed by atoms with E-state index in [4.69, 9.17) is 0 Å². The van der Waals surface area contributed by atoms with Gasteiger partial charge in [0.2, 0.25) is 0 Å². The maximum atomic E-state index is 13.4. The Kier molecular flexibility index (Phi) is 6.35. The topological polar surface area (TPSA) is 54.0 Å². The number of anilines is 1. The van der Waals surface area contributed by atoms with Gasteiger partial charge in [-0.05, 0) is 61.9 Å². The number of nitrogens with zero attached hydrogens (tertiary/aromatic N) is 1. The van der Waals surface area contributed by atoms with E-state index >= 15 is 0 Å². The number of fused-ring (bicyclic) bond motifs is 1. The average molecular weight is 441 g/mol. The summed E-state index contributed by atoms with van der Waals surface area (Å²) in [5, 5.41) is 7.05. The molecule has 1 aromatic heterocycles. The highest BCUT2D eigenvalue weighted by atomic mass is 19.4. The first-order chi connectivity index (χ1) is 15.3.